The van der Waals surface area contributed by atoms with Gasteiger partial charge in [-0.1, -0.05) is 45.4 Å². The first kappa shape index (κ1) is 15.7. The molecule has 0 saturated carbocycles. The van der Waals surface area contributed by atoms with Crippen LogP contribution in [-0.2, 0) is 10.2 Å². The lowest BCUT2D eigenvalue weighted by atomic mass is 10.5. The molecule has 0 rings (SSSR count). The van der Waals surface area contributed by atoms with Crippen molar-refractivity contribution in [3.05, 3.63) is 0 Å². The fourth-order valence-electron chi connectivity index (χ4n) is 2.58. The van der Waals surface area contributed by atoms with E-state index in [1.54, 1.807) is 0 Å². The van der Waals surface area contributed by atoms with Crippen LogP contribution in [0.2, 0.25) is 16.6 Å². The molecule has 0 bridgehead atoms. The van der Waals surface area contributed by atoms with Gasteiger partial charge in [0.2, 0.25) is 0 Å². The maximum Gasteiger partial charge on any atom is 0.372 e. The Hall–Kier alpha value is -0.343. The molecule has 0 aliphatic carbocycles. The number of hydrogen-bond donors (Lipinski definition) is 0. The summed E-state index contributed by atoms with van der Waals surface area (Å²) in [6.45, 7) is 12.3. The van der Waals surface area contributed by atoms with Crippen molar-refractivity contribution >= 4 is 18.3 Å². The normalized spacial score (nSPS) is 13.1. The summed E-state index contributed by atoms with van der Waals surface area (Å²) in [5.41, 5.74) is 3.72. The van der Waals surface area contributed by atoms with Crippen molar-refractivity contribution in [2.24, 2.45) is 0 Å². The monoisotopic (exact) mass is 264 g/mol. The second kappa shape index (κ2) is 5.33. The quantitative estimate of drug-likeness (QED) is 0.444. The van der Waals surface area contributed by atoms with Crippen molar-refractivity contribution in [2.75, 3.05) is 0 Å². The third-order valence-corrected chi connectivity index (χ3v) is 10.1. The first-order valence-corrected chi connectivity index (χ1v) is 9.14. The van der Waals surface area contributed by atoms with Gasteiger partial charge in [-0.25, -0.2) is 0 Å². The lowest BCUT2D eigenvalue weighted by molar-refractivity contribution is 0.565. The summed E-state index contributed by atoms with van der Waals surface area (Å²) < 4.78 is 33.6. The molecule has 0 heterocycles. The Morgan fingerprint density at radius 1 is 0.938 bits per heavy atom. The van der Waals surface area contributed by atoms with Crippen LogP contribution in [0.1, 0.15) is 41.5 Å². The van der Waals surface area contributed by atoms with Crippen LogP contribution in [0.3, 0.4) is 0 Å². The average molecular weight is 264 g/mol. The van der Waals surface area contributed by atoms with E-state index < -0.39 is 18.3 Å². The van der Waals surface area contributed by atoms with E-state index >= 15 is 0 Å². The summed E-state index contributed by atoms with van der Waals surface area (Å²) >= 11 is 0. The first-order chi connectivity index (χ1) is 7.04. The smallest absolute Gasteiger partial charge is 0.180 e. The van der Waals surface area contributed by atoms with E-state index in [1.807, 2.05) is 46.8 Å². The van der Waals surface area contributed by atoms with Gasteiger partial charge >= 0.3 is 10.2 Å². The predicted molar refractivity (Wildman–Crippen MR) is 68.9 cm³/mol. The molecule has 5 heteroatoms. The Balaban J connectivity index is 5.63. The van der Waals surface area contributed by atoms with Gasteiger partial charge in [0.25, 0.3) is 0 Å². The minimum Gasteiger partial charge on any atom is -0.180 e. The Morgan fingerprint density at radius 3 is 1.44 bits per heavy atom. The maximum absolute atomic E-state index is 12.5. The van der Waals surface area contributed by atoms with Crippen LogP contribution in [-0.4, -0.2) is 16.5 Å². The minimum absolute atomic E-state index is 0.307. The zero-order valence-electron chi connectivity index (χ0n) is 10.8. The maximum atomic E-state index is 12.5. The fourth-order valence-corrected chi connectivity index (χ4v) is 8.64. The molecule has 0 unspecified atom stereocenters. The lowest BCUT2D eigenvalue weighted by Gasteiger charge is -2.37. The van der Waals surface area contributed by atoms with E-state index in [4.69, 9.17) is 0 Å². The van der Waals surface area contributed by atoms with Crippen LogP contribution in [0.4, 0.5) is 3.89 Å². The van der Waals surface area contributed by atoms with Gasteiger partial charge in [-0.05, 0) is 16.6 Å². The van der Waals surface area contributed by atoms with Gasteiger partial charge in [0.05, 0.1) is 5.25 Å². The largest absolute Gasteiger partial charge is 0.372 e. The molecule has 0 amide bonds. The van der Waals surface area contributed by atoms with Crippen LogP contribution in [0, 0.1) is 10.8 Å². The number of halogens is 1. The molecular weight excluding hydrogens is 243 g/mol. The molecule has 2 nitrogen and oxygen atoms in total. The van der Waals surface area contributed by atoms with Crippen molar-refractivity contribution in [1.29, 1.82) is 0 Å². The SMILES string of the molecule is CC(C)[Si](C#CS(=O)(=O)F)(C(C)C)C(C)C. The van der Waals surface area contributed by atoms with Crippen LogP contribution in [0.5, 0.6) is 0 Å². The molecule has 94 valence electrons. The highest BCUT2D eigenvalue weighted by Crippen LogP contribution is 2.40. The molecule has 0 aliphatic heterocycles. The summed E-state index contributed by atoms with van der Waals surface area (Å²) in [5, 5.41) is 1.82. The summed E-state index contributed by atoms with van der Waals surface area (Å²) in [6, 6.07) is 0. The Morgan fingerprint density at radius 2 is 1.25 bits per heavy atom. The molecule has 0 fully saturated rings. The van der Waals surface area contributed by atoms with E-state index in [0.29, 0.717) is 16.6 Å². The lowest BCUT2D eigenvalue weighted by Crippen LogP contribution is -2.43. The van der Waals surface area contributed by atoms with Gasteiger partial charge < -0.3 is 0 Å². The summed E-state index contributed by atoms with van der Waals surface area (Å²) in [7, 11) is -6.80. The second-order valence-corrected chi connectivity index (χ2v) is 11.7. The fraction of sp³-hybridized carbons (Fsp3) is 0.818. The van der Waals surface area contributed by atoms with Crippen molar-refractivity contribution < 1.29 is 12.3 Å². The van der Waals surface area contributed by atoms with E-state index in [2.05, 4.69) is 5.54 Å². The average Bonchev–Trinajstić information content (AvgIpc) is 2.00. The van der Waals surface area contributed by atoms with Gasteiger partial charge in [0.15, 0.2) is 0 Å². The van der Waals surface area contributed by atoms with E-state index in [9.17, 15) is 12.3 Å². The van der Waals surface area contributed by atoms with E-state index in [0.717, 1.165) is 0 Å². The molecule has 0 atom stereocenters. The zero-order valence-corrected chi connectivity index (χ0v) is 12.7. The van der Waals surface area contributed by atoms with Crippen LogP contribution >= 0.6 is 0 Å². The van der Waals surface area contributed by atoms with Crippen molar-refractivity contribution in [2.45, 2.75) is 58.2 Å². The molecule has 0 saturated heterocycles. The molecule has 0 spiro atoms. The first-order valence-electron chi connectivity index (χ1n) is 5.52. The van der Waals surface area contributed by atoms with Crippen LogP contribution in [0.15, 0.2) is 0 Å². The van der Waals surface area contributed by atoms with E-state index in [-0.39, 0.29) is 0 Å². The topological polar surface area (TPSA) is 34.1 Å². The van der Waals surface area contributed by atoms with E-state index in [1.165, 1.54) is 0 Å². The number of hydrogen-bond acceptors (Lipinski definition) is 2. The second-order valence-electron chi connectivity index (χ2n) is 5.06. The molecule has 0 aromatic carbocycles. The third kappa shape index (κ3) is 3.60. The zero-order chi connectivity index (χ0) is 13.1. The summed E-state index contributed by atoms with van der Waals surface area (Å²) in [4.78, 5) is 0. The molecule has 0 aromatic rings. The highest BCUT2D eigenvalue weighted by molar-refractivity contribution is 7.91. The molecule has 16 heavy (non-hydrogen) atoms. The van der Waals surface area contributed by atoms with Gasteiger partial charge in [-0.3, -0.25) is 0 Å². The summed E-state index contributed by atoms with van der Waals surface area (Å²) in [5.74, 6) is 0. The van der Waals surface area contributed by atoms with Crippen LogP contribution < -0.4 is 0 Å². The van der Waals surface area contributed by atoms with Crippen LogP contribution in [0.25, 0.3) is 0 Å². The highest BCUT2D eigenvalue weighted by atomic mass is 32.3. The molecular formula is C11H21FO2SSi. The molecule has 0 aromatic heterocycles. The Kier molecular flexibility index (Phi) is 5.21. The van der Waals surface area contributed by atoms with Crippen molar-refractivity contribution in [3.8, 4) is 10.8 Å². The van der Waals surface area contributed by atoms with Crippen molar-refractivity contribution in [3.63, 3.8) is 0 Å². The highest BCUT2D eigenvalue weighted by Gasteiger charge is 2.42. The third-order valence-electron chi connectivity index (χ3n) is 3.26. The predicted octanol–water partition coefficient (Wildman–Crippen LogP) is 3.46. The van der Waals surface area contributed by atoms with Gasteiger partial charge in [0.1, 0.15) is 8.07 Å². The van der Waals surface area contributed by atoms with Gasteiger partial charge in [-0.2, -0.15) is 8.42 Å². The molecule has 0 aliphatic rings. The Bertz CT molecular complexity index is 366. The minimum atomic E-state index is -4.68. The number of rotatable bonds is 3. The van der Waals surface area contributed by atoms with Gasteiger partial charge in [0, 0.05) is 0 Å². The Labute approximate surface area is 99.9 Å². The standard InChI is InChI=1S/C11H21FO2SSi/c1-9(2)16(10(3)4,11(5)6)8-7-15(12,13)14/h9-11H,1-6H3. The van der Waals surface area contributed by atoms with Gasteiger partial charge in [-0.15, -0.1) is 5.54 Å². The molecule has 0 radical (unpaired) electrons. The van der Waals surface area contributed by atoms with Crippen molar-refractivity contribution in [1.82, 2.24) is 0 Å². The summed E-state index contributed by atoms with van der Waals surface area (Å²) in [6.07, 6.45) is 0. The molecule has 0 N–H and O–H groups in total.